The number of hydrogen-bond donors (Lipinski definition) is 2. The van der Waals surface area contributed by atoms with Crippen LogP contribution in [0.25, 0.3) is 0 Å². The highest BCUT2D eigenvalue weighted by Gasteiger charge is 2.09. The average molecular weight is 269 g/mol. The second-order valence-electron chi connectivity index (χ2n) is 5.38. The summed E-state index contributed by atoms with van der Waals surface area (Å²) in [5.41, 5.74) is 4.70. The fourth-order valence-corrected chi connectivity index (χ4v) is 2.39. The minimum absolute atomic E-state index is 0.315. The lowest BCUT2D eigenvalue weighted by Crippen LogP contribution is -2.20. The van der Waals surface area contributed by atoms with E-state index < -0.39 is 0 Å². The molecule has 0 aliphatic heterocycles. The predicted molar refractivity (Wildman–Crippen MR) is 83.9 cm³/mol. The van der Waals surface area contributed by atoms with E-state index in [9.17, 15) is 5.11 Å². The molecule has 0 amide bonds. The van der Waals surface area contributed by atoms with E-state index in [2.05, 4.69) is 43.4 Å². The fraction of sp³-hybridized carbons (Fsp3) is 0.333. The van der Waals surface area contributed by atoms with E-state index in [4.69, 9.17) is 0 Å². The highest BCUT2D eigenvalue weighted by Crippen LogP contribution is 2.21. The molecule has 0 aromatic heterocycles. The standard InChI is InChI=1S/C18H23NO/c1-4-17(15-8-5-13(2)6-9-15)19-12-16-11-14(3)7-10-18(16)20/h5-11,17,19-20H,4,12H2,1-3H3. The summed E-state index contributed by atoms with van der Waals surface area (Å²) in [6, 6.07) is 14.7. The quantitative estimate of drug-likeness (QED) is 0.850. The number of nitrogens with one attached hydrogen (secondary N) is 1. The molecule has 0 saturated heterocycles. The van der Waals surface area contributed by atoms with Crippen LogP contribution in [0.4, 0.5) is 0 Å². The molecule has 0 spiro atoms. The Hall–Kier alpha value is -1.80. The normalized spacial score (nSPS) is 12.3. The fourth-order valence-electron chi connectivity index (χ4n) is 2.39. The molecule has 2 aromatic carbocycles. The maximum atomic E-state index is 9.89. The second-order valence-corrected chi connectivity index (χ2v) is 5.38. The van der Waals surface area contributed by atoms with Gasteiger partial charge in [-0.2, -0.15) is 0 Å². The Morgan fingerprint density at radius 2 is 1.65 bits per heavy atom. The van der Waals surface area contributed by atoms with Gasteiger partial charge in [0.05, 0.1) is 0 Å². The summed E-state index contributed by atoms with van der Waals surface area (Å²) < 4.78 is 0. The molecule has 2 rings (SSSR count). The van der Waals surface area contributed by atoms with Crippen molar-refractivity contribution in [2.45, 2.75) is 39.8 Å². The van der Waals surface area contributed by atoms with Gasteiger partial charge in [-0.3, -0.25) is 0 Å². The van der Waals surface area contributed by atoms with Gasteiger partial charge in [-0.05, 0) is 31.9 Å². The smallest absolute Gasteiger partial charge is 0.120 e. The van der Waals surface area contributed by atoms with Crippen molar-refractivity contribution in [3.05, 3.63) is 64.7 Å². The lowest BCUT2D eigenvalue weighted by molar-refractivity contribution is 0.455. The van der Waals surface area contributed by atoms with Crippen molar-refractivity contribution in [1.82, 2.24) is 5.32 Å². The lowest BCUT2D eigenvalue weighted by Gasteiger charge is -2.18. The Morgan fingerprint density at radius 3 is 2.30 bits per heavy atom. The molecule has 0 aliphatic rings. The molecule has 0 bridgehead atoms. The summed E-state index contributed by atoms with van der Waals surface area (Å²) in [7, 11) is 0. The van der Waals surface area contributed by atoms with Crippen molar-refractivity contribution in [3.8, 4) is 5.75 Å². The van der Waals surface area contributed by atoms with Gasteiger partial charge in [-0.25, -0.2) is 0 Å². The van der Waals surface area contributed by atoms with Crippen LogP contribution in [0.5, 0.6) is 5.75 Å². The van der Waals surface area contributed by atoms with E-state index in [0.717, 1.165) is 12.0 Å². The van der Waals surface area contributed by atoms with Gasteiger partial charge in [0, 0.05) is 18.2 Å². The number of hydrogen-bond acceptors (Lipinski definition) is 2. The SMILES string of the molecule is CCC(NCc1cc(C)ccc1O)c1ccc(C)cc1. The van der Waals surface area contributed by atoms with Crippen LogP contribution in [0, 0.1) is 13.8 Å². The number of aryl methyl sites for hydroxylation is 2. The summed E-state index contributed by atoms with van der Waals surface area (Å²) in [4.78, 5) is 0. The second kappa shape index (κ2) is 6.58. The first kappa shape index (κ1) is 14.6. The molecule has 0 fully saturated rings. The molecule has 0 aliphatic carbocycles. The summed E-state index contributed by atoms with van der Waals surface area (Å²) >= 11 is 0. The van der Waals surface area contributed by atoms with Crippen LogP contribution in [0.1, 0.15) is 41.6 Å². The molecule has 1 atom stereocenters. The first-order chi connectivity index (χ1) is 9.60. The molecule has 1 unspecified atom stereocenters. The topological polar surface area (TPSA) is 32.3 Å². The average Bonchev–Trinajstić information content (AvgIpc) is 2.45. The van der Waals surface area contributed by atoms with Crippen LogP contribution in [-0.2, 0) is 6.54 Å². The van der Waals surface area contributed by atoms with Gasteiger partial charge in [0.25, 0.3) is 0 Å². The zero-order chi connectivity index (χ0) is 14.5. The number of phenols is 1. The van der Waals surface area contributed by atoms with Crippen molar-refractivity contribution >= 4 is 0 Å². The Morgan fingerprint density at radius 1 is 1.00 bits per heavy atom. The highest BCUT2D eigenvalue weighted by molar-refractivity contribution is 5.35. The van der Waals surface area contributed by atoms with Crippen LogP contribution >= 0.6 is 0 Å². The van der Waals surface area contributed by atoms with E-state index >= 15 is 0 Å². The Labute approximate surface area is 121 Å². The predicted octanol–water partition coefficient (Wildman–Crippen LogP) is 4.25. The van der Waals surface area contributed by atoms with E-state index in [0.29, 0.717) is 18.3 Å². The van der Waals surface area contributed by atoms with Crippen LogP contribution in [0.15, 0.2) is 42.5 Å². The third kappa shape index (κ3) is 3.61. The number of rotatable bonds is 5. The van der Waals surface area contributed by atoms with Crippen molar-refractivity contribution < 1.29 is 5.11 Å². The van der Waals surface area contributed by atoms with Gasteiger partial charge in [0.15, 0.2) is 0 Å². The number of benzene rings is 2. The lowest BCUT2D eigenvalue weighted by atomic mass is 10.0. The first-order valence-electron chi connectivity index (χ1n) is 7.18. The van der Waals surface area contributed by atoms with E-state index in [1.165, 1.54) is 16.7 Å². The Kier molecular flexibility index (Phi) is 4.80. The molecule has 2 nitrogen and oxygen atoms in total. The summed E-state index contributed by atoms with van der Waals surface area (Å²) in [5, 5.41) is 13.4. The van der Waals surface area contributed by atoms with Gasteiger partial charge >= 0.3 is 0 Å². The number of aromatic hydroxyl groups is 1. The van der Waals surface area contributed by atoms with Crippen molar-refractivity contribution in [3.63, 3.8) is 0 Å². The Bertz CT molecular complexity index is 560. The molecule has 0 heterocycles. The molecular weight excluding hydrogens is 246 g/mol. The third-order valence-electron chi connectivity index (χ3n) is 3.66. The van der Waals surface area contributed by atoms with Crippen molar-refractivity contribution in [1.29, 1.82) is 0 Å². The summed E-state index contributed by atoms with van der Waals surface area (Å²) in [5.74, 6) is 0.363. The molecule has 2 heteroatoms. The van der Waals surface area contributed by atoms with Crippen LogP contribution in [0.2, 0.25) is 0 Å². The van der Waals surface area contributed by atoms with Crippen LogP contribution in [-0.4, -0.2) is 5.11 Å². The van der Waals surface area contributed by atoms with Gasteiger partial charge < -0.3 is 10.4 Å². The zero-order valence-electron chi connectivity index (χ0n) is 12.5. The third-order valence-corrected chi connectivity index (χ3v) is 3.66. The minimum atomic E-state index is 0.315. The van der Waals surface area contributed by atoms with Crippen LogP contribution in [0.3, 0.4) is 0 Å². The maximum Gasteiger partial charge on any atom is 0.120 e. The molecule has 20 heavy (non-hydrogen) atoms. The van der Waals surface area contributed by atoms with E-state index in [-0.39, 0.29) is 0 Å². The van der Waals surface area contributed by atoms with E-state index in [1.54, 1.807) is 6.07 Å². The summed E-state index contributed by atoms with van der Waals surface area (Å²) in [6.45, 7) is 7.00. The van der Waals surface area contributed by atoms with Crippen LogP contribution < -0.4 is 5.32 Å². The van der Waals surface area contributed by atoms with Crippen molar-refractivity contribution in [2.24, 2.45) is 0 Å². The molecule has 2 aromatic rings. The molecule has 106 valence electrons. The molecule has 2 N–H and O–H groups in total. The monoisotopic (exact) mass is 269 g/mol. The summed E-state index contributed by atoms with van der Waals surface area (Å²) in [6.07, 6.45) is 1.02. The first-order valence-corrected chi connectivity index (χ1v) is 7.18. The Balaban J connectivity index is 2.07. The zero-order valence-corrected chi connectivity index (χ0v) is 12.5. The van der Waals surface area contributed by atoms with Crippen molar-refractivity contribution in [2.75, 3.05) is 0 Å². The maximum absolute atomic E-state index is 9.89. The highest BCUT2D eigenvalue weighted by atomic mass is 16.3. The molecule has 0 saturated carbocycles. The molecule has 0 radical (unpaired) electrons. The van der Waals surface area contributed by atoms with E-state index in [1.807, 2.05) is 19.1 Å². The number of phenolic OH excluding ortho intramolecular Hbond substituents is 1. The largest absolute Gasteiger partial charge is 0.508 e. The van der Waals surface area contributed by atoms with Gasteiger partial charge in [-0.15, -0.1) is 0 Å². The van der Waals surface area contributed by atoms with Gasteiger partial charge in [0.2, 0.25) is 0 Å². The minimum Gasteiger partial charge on any atom is -0.508 e. The molecular formula is C18H23NO. The van der Waals surface area contributed by atoms with Gasteiger partial charge in [-0.1, -0.05) is 54.4 Å². The van der Waals surface area contributed by atoms with Gasteiger partial charge in [0.1, 0.15) is 5.75 Å².